The SMILES string of the molecule is CCOC(=O)[C@@]12O[C@@](C)(O[C@@H]1C(=O)OC(C)(C)C)[C@H](O[Si](C)(C)C(C)(C)C)[C@@H](O[Si](C)(C)C(C)(C)C)C2=O. The lowest BCUT2D eigenvalue weighted by atomic mass is 9.84. The molecule has 38 heavy (non-hydrogen) atoms. The first-order valence-electron chi connectivity index (χ1n) is 13.4. The molecule has 0 unspecified atom stereocenters. The molecule has 9 nitrogen and oxygen atoms in total. The average molecular weight is 575 g/mol. The fraction of sp³-hybridized carbons (Fsp3) is 0.889. The summed E-state index contributed by atoms with van der Waals surface area (Å²) >= 11 is 0. The quantitative estimate of drug-likeness (QED) is 0.232. The Morgan fingerprint density at radius 1 is 0.895 bits per heavy atom. The Hall–Kier alpha value is -1.12. The molecule has 0 radical (unpaired) electrons. The molecular weight excluding hydrogens is 524 g/mol. The van der Waals surface area contributed by atoms with Gasteiger partial charge in [0.2, 0.25) is 11.9 Å². The van der Waals surface area contributed by atoms with E-state index in [1.54, 1.807) is 34.6 Å². The maximum Gasteiger partial charge on any atom is 0.349 e. The first-order valence-corrected chi connectivity index (χ1v) is 19.3. The van der Waals surface area contributed by atoms with Gasteiger partial charge in [0.05, 0.1) is 6.61 Å². The van der Waals surface area contributed by atoms with Crippen molar-refractivity contribution in [2.24, 2.45) is 0 Å². The minimum absolute atomic E-state index is 0.0212. The normalized spacial score (nSPS) is 30.8. The van der Waals surface area contributed by atoms with Crippen LogP contribution in [0.3, 0.4) is 0 Å². The van der Waals surface area contributed by atoms with E-state index in [0.717, 1.165) is 0 Å². The maximum atomic E-state index is 14.5. The number of Topliss-reactive ketones (excluding diaryl/α,β-unsaturated/α-hetero) is 1. The van der Waals surface area contributed by atoms with Crippen LogP contribution in [0.2, 0.25) is 36.3 Å². The van der Waals surface area contributed by atoms with Crippen LogP contribution in [-0.2, 0) is 42.2 Å². The van der Waals surface area contributed by atoms with Gasteiger partial charge in [-0.25, -0.2) is 9.59 Å². The summed E-state index contributed by atoms with van der Waals surface area (Å²) in [6, 6.07) is 0. The summed E-state index contributed by atoms with van der Waals surface area (Å²) in [5.41, 5.74) is -3.28. The molecule has 220 valence electrons. The molecular formula is C27H50O9Si2. The van der Waals surface area contributed by atoms with Crippen LogP contribution >= 0.6 is 0 Å². The number of ketones is 1. The van der Waals surface area contributed by atoms with Gasteiger partial charge in [-0.3, -0.25) is 4.79 Å². The number of carbonyl (C=O) groups excluding carboxylic acids is 3. The molecule has 2 fully saturated rings. The van der Waals surface area contributed by atoms with Crippen molar-refractivity contribution in [1.29, 1.82) is 0 Å². The molecule has 5 atom stereocenters. The number of rotatable bonds is 7. The molecule has 2 heterocycles. The molecule has 2 bridgehead atoms. The lowest BCUT2D eigenvalue weighted by molar-refractivity contribution is -0.263. The van der Waals surface area contributed by atoms with Crippen molar-refractivity contribution in [3.63, 3.8) is 0 Å². The van der Waals surface area contributed by atoms with Crippen molar-refractivity contribution in [1.82, 2.24) is 0 Å². The summed E-state index contributed by atoms with van der Waals surface area (Å²) in [5, 5.41) is -0.470. The van der Waals surface area contributed by atoms with Gasteiger partial charge in [-0.2, -0.15) is 0 Å². The molecule has 0 N–H and O–H groups in total. The molecule has 0 spiro atoms. The number of ether oxygens (including phenoxy) is 4. The van der Waals surface area contributed by atoms with Gasteiger partial charge in [0.1, 0.15) is 17.8 Å². The lowest BCUT2D eigenvalue weighted by Crippen LogP contribution is -2.71. The number of carbonyl (C=O) groups is 3. The first-order chi connectivity index (χ1) is 16.8. The minimum atomic E-state index is -2.60. The zero-order valence-electron chi connectivity index (χ0n) is 26.1. The second-order valence-electron chi connectivity index (χ2n) is 14.6. The zero-order valence-corrected chi connectivity index (χ0v) is 28.1. The van der Waals surface area contributed by atoms with E-state index < -0.39 is 69.7 Å². The fourth-order valence-corrected chi connectivity index (χ4v) is 6.52. The van der Waals surface area contributed by atoms with E-state index >= 15 is 0 Å². The van der Waals surface area contributed by atoms with Crippen LogP contribution in [0.15, 0.2) is 0 Å². The molecule has 0 aromatic rings. The lowest BCUT2D eigenvalue weighted by Gasteiger charge is -2.50. The number of hydrogen-bond donors (Lipinski definition) is 0. The van der Waals surface area contributed by atoms with Crippen molar-refractivity contribution in [2.75, 3.05) is 6.61 Å². The van der Waals surface area contributed by atoms with Crippen molar-refractivity contribution >= 4 is 34.4 Å². The van der Waals surface area contributed by atoms with Crippen molar-refractivity contribution in [2.45, 2.75) is 148 Å². The van der Waals surface area contributed by atoms with E-state index in [4.69, 9.17) is 27.8 Å². The number of esters is 2. The predicted molar refractivity (Wildman–Crippen MR) is 149 cm³/mol. The molecule has 2 saturated heterocycles. The van der Waals surface area contributed by atoms with Crippen LogP contribution in [0.5, 0.6) is 0 Å². The highest BCUT2D eigenvalue weighted by molar-refractivity contribution is 6.74. The summed E-state index contributed by atoms with van der Waals surface area (Å²) in [4.78, 5) is 41.5. The van der Waals surface area contributed by atoms with E-state index in [1.807, 2.05) is 13.1 Å². The Morgan fingerprint density at radius 3 is 1.79 bits per heavy atom. The molecule has 0 aromatic carbocycles. The summed E-state index contributed by atoms with van der Waals surface area (Å²) in [6.07, 6.45) is -3.93. The van der Waals surface area contributed by atoms with Crippen LogP contribution in [-0.4, -0.2) is 76.3 Å². The van der Waals surface area contributed by atoms with Crippen molar-refractivity contribution < 1.29 is 42.2 Å². The van der Waals surface area contributed by atoms with E-state index in [-0.39, 0.29) is 16.7 Å². The third-order valence-corrected chi connectivity index (χ3v) is 17.1. The van der Waals surface area contributed by atoms with E-state index in [2.05, 4.69) is 54.6 Å². The molecule has 11 heteroatoms. The third kappa shape index (κ3) is 5.97. The molecule has 0 saturated carbocycles. The van der Waals surface area contributed by atoms with Gasteiger partial charge in [-0.15, -0.1) is 0 Å². The van der Waals surface area contributed by atoms with E-state index in [1.165, 1.54) is 0 Å². The van der Waals surface area contributed by atoms with Gasteiger partial charge in [-0.1, -0.05) is 41.5 Å². The van der Waals surface area contributed by atoms with Crippen LogP contribution < -0.4 is 0 Å². The summed E-state index contributed by atoms with van der Waals surface area (Å²) in [5.74, 6) is -4.29. The molecule has 2 aliphatic rings. The van der Waals surface area contributed by atoms with E-state index in [0.29, 0.717) is 0 Å². The highest BCUT2D eigenvalue weighted by Crippen LogP contribution is 2.52. The van der Waals surface area contributed by atoms with Crippen LogP contribution in [0.25, 0.3) is 0 Å². The van der Waals surface area contributed by atoms with Gasteiger partial charge < -0.3 is 27.8 Å². The maximum absolute atomic E-state index is 14.5. The first kappa shape index (κ1) is 33.1. The highest BCUT2D eigenvalue weighted by atomic mass is 28.4. The van der Waals surface area contributed by atoms with Crippen LogP contribution in [0.1, 0.15) is 76.2 Å². The summed E-state index contributed by atoms with van der Waals surface area (Å²) in [6.45, 7) is 28.8. The second-order valence-corrected chi connectivity index (χ2v) is 24.1. The summed E-state index contributed by atoms with van der Waals surface area (Å²) in [7, 11) is -5.13. The Labute approximate surface area is 230 Å². The number of hydrogen-bond acceptors (Lipinski definition) is 9. The largest absolute Gasteiger partial charge is 0.463 e. The Kier molecular flexibility index (Phi) is 8.76. The fourth-order valence-electron chi connectivity index (χ4n) is 3.97. The molecule has 2 aliphatic heterocycles. The Morgan fingerprint density at radius 2 is 1.37 bits per heavy atom. The van der Waals surface area contributed by atoms with Crippen molar-refractivity contribution in [3.05, 3.63) is 0 Å². The Bertz CT molecular complexity index is 942. The smallest absolute Gasteiger partial charge is 0.349 e. The van der Waals surface area contributed by atoms with Crippen LogP contribution in [0, 0.1) is 0 Å². The minimum Gasteiger partial charge on any atom is -0.463 e. The van der Waals surface area contributed by atoms with Gasteiger partial charge >= 0.3 is 11.9 Å². The topological polar surface area (TPSA) is 107 Å². The zero-order chi connectivity index (χ0) is 29.9. The van der Waals surface area contributed by atoms with Gasteiger partial charge in [-0.05, 0) is 70.9 Å². The monoisotopic (exact) mass is 574 g/mol. The molecule has 0 aromatic heterocycles. The molecule has 2 rings (SSSR count). The number of fused-ring (bicyclic) bond motifs is 2. The van der Waals surface area contributed by atoms with Gasteiger partial charge in [0.15, 0.2) is 22.4 Å². The third-order valence-electron chi connectivity index (χ3n) is 8.16. The second kappa shape index (κ2) is 10.1. The highest BCUT2D eigenvalue weighted by Gasteiger charge is 2.77. The Balaban J connectivity index is 2.79. The van der Waals surface area contributed by atoms with Crippen molar-refractivity contribution in [3.8, 4) is 0 Å². The average Bonchev–Trinajstić information content (AvgIpc) is 2.99. The summed E-state index contributed by atoms with van der Waals surface area (Å²) < 4.78 is 36.9. The van der Waals surface area contributed by atoms with Gasteiger partial charge in [0.25, 0.3) is 5.60 Å². The molecule has 0 amide bonds. The van der Waals surface area contributed by atoms with Crippen LogP contribution in [0.4, 0.5) is 0 Å². The standard InChI is InChI=1S/C27H50O9Si2/c1-16-31-22(30)27-18(28)17(34-37(12,13)24(5,6)7)19(35-38(14,15)25(8,9)10)26(11,36-27)32-20(27)21(29)33-23(2,3)4/h17,19-20H,16H2,1-15H3/t17-,19+,20+,26+,27-/m0/s1. The van der Waals surface area contributed by atoms with Gasteiger partial charge in [0, 0.05) is 0 Å². The molecule has 0 aliphatic carbocycles. The predicted octanol–water partition coefficient (Wildman–Crippen LogP) is 5.13. The van der Waals surface area contributed by atoms with E-state index in [9.17, 15) is 14.4 Å².